The summed E-state index contributed by atoms with van der Waals surface area (Å²) in [6.45, 7) is 3.97. The Morgan fingerprint density at radius 1 is 1.19 bits per heavy atom. The molecule has 0 amide bonds. The number of pyridine rings is 1. The molecule has 0 aliphatic heterocycles. The highest BCUT2D eigenvalue weighted by molar-refractivity contribution is 7.09. The molecule has 0 saturated heterocycles. The molecule has 2 nitrogen and oxygen atoms in total. The van der Waals surface area contributed by atoms with Gasteiger partial charge in [0.2, 0.25) is 0 Å². The molecule has 2 heterocycles. The zero-order chi connectivity index (χ0) is 14.7. The monoisotopic (exact) mass is 316 g/mol. The van der Waals surface area contributed by atoms with Gasteiger partial charge in [-0.3, -0.25) is 0 Å². The molecule has 21 heavy (non-hydrogen) atoms. The van der Waals surface area contributed by atoms with Crippen LogP contribution in [-0.2, 0) is 12.4 Å². The van der Waals surface area contributed by atoms with Gasteiger partial charge in [-0.25, -0.2) is 4.98 Å². The molecule has 0 aliphatic rings. The number of benzene rings is 1. The second kappa shape index (κ2) is 6.46. The Morgan fingerprint density at radius 3 is 2.76 bits per heavy atom. The number of anilines is 1. The molecule has 3 aromatic rings. The lowest BCUT2D eigenvalue weighted by atomic mass is 10.1. The molecule has 0 radical (unpaired) electrons. The fourth-order valence-electron chi connectivity index (χ4n) is 2.47. The zero-order valence-electron chi connectivity index (χ0n) is 11.9. The number of hydrogen-bond donors (Lipinski definition) is 0. The summed E-state index contributed by atoms with van der Waals surface area (Å²) in [6, 6.07) is 14.7. The first-order valence-corrected chi connectivity index (χ1v) is 8.45. The number of nitrogens with zero attached hydrogens (tertiary/aromatic N) is 2. The van der Waals surface area contributed by atoms with Crippen molar-refractivity contribution in [3.05, 3.63) is 58.4 Å². The lowest BCUT2D eigenvalue weighted by Gasteiger charge is -2.23. The van der Waals surface area contributed by atoms with Gasteiger partial charge < -0.3 is 4.90 Å². The number of fused-ring (bicyclic) bond motifs is 1. The molecule has 3 rings (SSSR count). The number of hydrogen-bond acceptors (Lipinski definition) is 3. The summed E-state index contributed by atoms with van der Waals surface area (Å²) in [6.07, 6.45) is 0. The van der Waals surface area contributed by atoms with Gasteiger partial charge in [-0.1, -0.05) is 30.3 Å². The first-order valence-electron chi connectivity index (χ1n) is 7.03. The summed E-state index contributed by atoms with van der Waals surface area (Å²) >= 11 is 7.79. The summed E-state index contributed by atoms with van der Waals surface area (Å²) in [5.74, 6) is 1.47. The van der Waals surface area contributed by atoms with Gasteiger partial charge in [-0.15, -0.1) is 22.9 Å². The highest BCUT2D eigenvalue weighted by Gasteiger charge is 2.13. The van der Waals surface area contributed by atoms with Crippen molar-refractivity contribution in [2.45, 2.75) is 19.3 Å². The molecule has 0 aliphatic carbocycles. The van der Waals surface area contributed by atoms with Crippen LogP contribution >= 0.6 is 22.9 Å². The fourth-order valence-corrected chi connectivity index (χ4v) is 3.33. The summed E-state index contributed by atoms with van der Waals surface area (Å²) in [5.41, 5.74) is 0.926. The van der Waals surface area contributed by atoms with E-state index in [1.54, 1.807) is 11.3 Å². The molecular formula is C17H17ClN2S. The van der Waals surface area contributed by atoms with Crippen LogP contribution in [0.4, 0.5) is 5.82 Å². The van der Waals surface area contributed by atoms with E-state index >= 15 is 0 Å². The largest absolute Gasteiger partial charge is 0.351 e. The van der Waals surface area contributed by atoms with Crippen LogP contribution in [0.5, 0.6) is 0 Å². The third kappa shape index (κ3) is 3.04. The lowest BCUT2D eigenvalue weighted by Crippen LogP contribution is -2.23. The maximum absolute atomic E-state index is 6.01. The third-order valence-corrected chi connectivity index (χ3v) is 4.65. The van der Waals surface area contributed by atoms with E-state index in [0.717, 1.165) is 24.6 Å². The maximum Gasteiger partial charge on any atom is 0.137 e. The molecule has 1 aromatic carbocycles. The Kier molecular flexibility index (Phi) is 4.42. The minimum Gasteiger partial charge on any atom is -0.351 e. The highest BCUT2D eigenvalue weighted by atomic mass is 35.5. The molecule has 0 saturated carbocycles. The molecule has 0 bridgehead atoms. The lowest BCUT2D eigenvalue weighted by molar-refractivity contribution is 0.825. The van der Waals surface area contributed by atoms with Crippen molar-refractivity contribution in [2.75, 3.05) is 11.4 Å². The van der Waals surface area contributed by atoms with Crippen LogP contribution in [0.3, 0.4) is 0 Å². The van der Waals surface area contributed by atoms with Crippen LogP contribution in [0, 0.1) is 0 Å². The van der Waals surface area contributed by atoms with Gasteiger partial charge in [0.1, 0.15) is 5.82 Å². The molecule has 2 aromatic heterocycles. The topological polar surface area (TPSA) is 16.1 Å². The highest BCUT2D eigenvalue weighted by Crippen LogP contribution is 2.28. The molecular weight excluding hydrogens is 300 g/mol. The van der Waals surface area contributed by atoms with Gasteiger partial charge in [0.15, 0.2) is 0 Å². The van der Waals surface area contributed by atoms with Gasteiger partial charge >= 0.3 is 0 Å². The minimum atomic E-state index is 0.439. The molecule has 0 spiro atoms. The Labute approximate surface area is 134 Å². The van der Waals surface area contributed by atoms with Crippen molar-refractivity contribution < 1.29 is 0 Å². The Hall–Kier alpha value is -1.58. The smallest absolute Gasteiger partial charge is 0.137 e. The van der Waals surface area contributed by atoms with Crippen LogP contribution in [0.15, 0.2) is 47.8 Å². The van der Waals surface area contributed by atoms with Crippen molar-refractivity contribution in [2.24, 2.45) is 0 Å². The molecule has 0 N–H and O–H groups in total. The second-order valence-electron chi connectivity index (χ2n) is 4.89. The van der Waals surface area contributed by atoms with Crippen LogP contribution in [-0.4, -0.2) is 11.5 Å². The first kappa shape index (κ1) is 14.4. The quantitative estimate of drug-likeness (QED) is 0.611. The summed E-state index contributed by atoms with van der Waals surface area (Å²) in [7, 11) is 0. The van der Waals surface area contributed by atoms with E-state index in [9.17, 15) is 0 Å². The SMILES string of the molecule is CCN(Cc1cccs1)c1nc(CCl)cc2ccccc12. The van der Waals surface area contributed by atoms with Crippen molar-refractivity contribution in [1.29, 1.82) is 0 Å². The van der Waals surface area contributed by atoms with Crippen LogP contribution in [0.1, 0.15) is 17.5 Å². The molecule has 108 valence electrons. The van der Waals surface area contributed by atoms with Crippen molar-refractivity contribution in [3.63, 3.8) is 0 Å². The van der Waals surface area contributed by atoms with Crippen LogP contribution < -0.4 is 4.90 Å². The number of rotatable bonds is 5. The summed E-state index contributed by atoms with van der Waals surface area (Å²) in [5, 5.41) is 4.50. The fraction of sp³-hybridized carbons (Fsp3) is 0.235. The van der Waals surface area contributed by atoms with Gasteiger partial charge in [0, 0.05) is 16.8 Å². The van der Waals surface area contributed by atoms with E-state index in [4.69, 9.17) is 16.6 Å². The summed E-state index contributed by atoms with van der Waals surface area (Å²) in [4.78, 5) is 8.43. The second-order valence-corrected chi connectivity index (χ2v) is 6.19. The van der Waals surface area contributed by atoms with E-state index in [2.05, 4.69) is 59.7 Å². The standard InChI is InChI=1S/C17H17ClN2S/c1-2-20(12-15-7-5-9-21-15)17-16-8-4-3-6-13(16)10-14(11-18)19-17/h3-10H,2,11-12H2,1H3. The van der Waals surface area contributed by atoms with Gasteiger partial charge in [-0.05, 0) is 29.8 Å². The number of aromatic nitrogens is 1. The predicted molar refractivity (Wildman–Crippen MR) is 92.3 cm³/mol. The van der Waals surface area contributed by atoms with Crippen molar-refractivity contribution >= 4 is 39.5 Å². The third-order valence-electron chi connectivity index (χ3n) is 3.52. The van der Waals surface area contributed by atoms with Crippen molar-refractivity contribution in [1.82, 2.24) is 4.98 Å². The predicted octanol–water partition coefficient (Wildman–Crippen LogP) is 5.06. The minimum absolute atomic E-state index is 0.439. The van der Waals surface area contributed by atoms with E-state index in [0.29, 0.717) is 5.88 Å². The van der Waals surface area contributed by atoms with Gasteiger partial charge in [0.05, 0.1) is 18.1 Å². The Bertz CT molecular complexity index is 725. The molecule has 0 fully saturated rings. The van der Waals surface area contributed by atoms with Crippen LogP contribution in [0.25, 0.3) is 10.8 Å². The van der Waals surface area contributed by atoms with E-state index in [-0.39, 0.29) is 0 Å². The molecule has 4 heteroatoms. The molecule has 0 atom stereocenters. The van der Waals surface area contributed by atoms with E-state index < -0.39 is 0 Å². The summed E-state index contributed by atoms with van der Waals surface area (Å²) < 4.78 is 0. The number of halogens is 1. The first-order chi connectivity index (χ1) is 10.3. The Morgan fingerprint density at radius 2 is 2.05 bits per heavy atom. The van der Waals surface area contributed by atoms with E-state index in [1.165, 1.54) is 15.6 Å². The zero-order valence-corrected chi connectivity index (χ0v) is 13.5. The maximum atomic E-state index is 6.01. The average molecular weight is 317 g/mol. The van der Waals surface area contributed by atoms with Crippen molar-refractivity contribution in [3.8, 4) is 0 Å². The van der Waals surface area contributed by atoms with Gasteiger partial charge in [-0.2, -0.15) is 0 Å². The Balaban J connectivity index is 2.07. The molecule has 0 unspecified atom stereocenters. The number of alkyl halides is 1. The number of thiophene rings is 1. The normalized spacial score (nSPS) is 11.0. The van der Waals surface area contributed by atoms with E-state index in [1.807, 2.05) is 0 Å². The van der Waals surface area contributed by atoms with Crippen LogP contribution in [0.2, 0.25) is 0 Å². The average Bonchev–Trinajstić information content (AvgIpc) is 3.04. The van der Waals surface area contributed by atoms with Gasteiger partial charge in [0.25, 0.3) is 0 Å².